The highest BCUT2D eigenvalue weighted by molar-refractivity contribution is 9.10. The Hall–Kier alpha value is -1.30. The molecule has 1 aliphatic heterocycles. The minimum absolute atomic E-state index is 0.0147. The first kappa shape index (κ1) is 10.2. The van der Waals surface area contributed by atoms with Crippen molar-refractivity contribution in [3.05, 3.63) is 33.8 Å². The number of carbonyl (C=O) groups is 1. The SMILES string of the molecule is O=C1CN=C(c2ccc(F)c(F)c2Br)N1. The quantitative estimate of drug-likeness (QED) is 0.777. The molecule has 1 heterocycles. The third-order valence-corrected chi connectivity index (χ3v) is 2.70. The number of nitrogens with one attached hydrogen (secondary N) is 1. The summed E-state index contributed by atoms with van der Waals surface area (Å²) in [6, 6.07) is 2.34. The number of nitrogens with zero attached hydrogens (tertiary/aromatic N) is 1. The number of hydrogen-bond donors (Lipinski definition) is 1. The molecule has 1 N–H and O–H groups in total. The van der Waals surface area contributed by atoms with Gasteiger partial charge in [0.2, 0.25) is 5.91 Å². The highest BCUT2D eigenvalue weighted by atomic mass is 79.9. The molecule has 0 saturated carbocycles. The number of rotatable bonds is 1. The van der Waals surface area contributed by atoms with Crippen LogP contribution < -0.4 is 5.32 Å². The van der Waals surface area contributed by atoms with Crippen molar-refractivity contribution in [2.45, 2.75) is 0 Å². The predicted molar refractivity (Wildman–Crippen MR) is 53.6 cm³/mol. The Labute approximate surface area is 92.3 Å². The fourth-order valence-corrected chi connectivity index (χ4v) is 1.73. The van der Waals surface area contributed by atoms with E-state index in [-0.39, 0.29) is 22.8 Å². The van der Waals surface area contributed by atoms with Gasteiger partial charge in [-0.25, -0.2) is 8.78 Å². The van der Waals surface area contributed by atoms with Gasteiger partial charge in [-0.1, -0.05) is 0 Å². The van der Waals surface area contributed by atoms with E-state index in [1.54, 1.807) is 0 Å². The summed E-state index contributed by atoms with van der Waals surface area (Å²) in [6.45, 7) is 0.0147. The van der Waals surface area contributed by atoms with E-state index in [1.807, 2.05) is 0 Å². The summed E-state index contributed by atoms with van der Waals surface area (Å²) in [5.41, 5.74) is 0.333. The van der Waals surface area contributed by atoms with Gasteiger partial charge in [0, 0.05) is 5.56 Å². The largest absolute Gasteiger partial charge is 0.309 e. The molecule has 0 unspecified atom stereocenters. The lowest BCUT2D eigenvalue weighted by Crippen LogP contribution is -2.25. The molecule has 0 fully saturated rings. The molecule has 0 aromatic heterocycles. The van der Waals surface area contributed by atoms with E-state index in [0.29, 0.717) is 5.56 Å². The molecule has 1 aromatic carbocycles. The number of hydrogen-bond acceptors (Lipinski definition) is 2. The fourth-order valence-electron chi connectivity index (χ4n) is 1.22. The van der Waals surface area contributed by atoms with Gasteiger partial charge in [0.15, 0.2) is 11.6 Å². The van der Waals surface area contributed by atoms with Crippen molar-refractivity contribution >= 4 is 27.7 Å². The maximum atomic E-state index is 13.2. The Bertz CT molecular complexity index is 473. The summed E-state index contributed by atoms with van der Waals surface area (Å²) in [7, 11) is 0. The van der Waals surface area contributed by atoms with Crippen molar-refractivity contribution in [3.63, 3.8) is 0 Å². The molecule has 1 aromatic rings. The van der Waals surface area contributed by atoms with Gasteiger partial charge >= 0.3 is 0 Å². The molecule has 3 nitrogen and oxygen atoms in total. The molecule has 0 bridgehead atoms. The average Bonchev–Trinajstić information content (AvgIpc) is 2.61. The minimum Gasteiger partial charge on any atom is -0.309 e. The zero-order valence-corrected chi connectivity index (χ0v) is 8.94. The first-order valence-electron chi connectivity index (χ1n) is 4.08. The van der Waals surface area contributed by atoms with Crippen LogP contribution in [0.2, 0.25) is 0 Å². The molecular formula is C9H5BrF2N2O. The van der Waals surface area contributed by atoms with E-state index >= 15 is 0 Å². The zero-order valence-electron chi connectivity index (χ0n) is 7.35. The summed E-state index contributed by atoms with van der Waals surface area (Å²) in [6.07, 6.45) is 0. The van der Waals surface area contributed by atoms with Gasteiger partial charge in [-0.3, -0.25) is 9.79 Å². The van der Waals surface area contributed by atoms with E-state index in [0.717, 1.165) is 6.07 Å². The molecular weight excluding hydrogens is 270 g/mol. The summed E-state index contributed by atoms with van der Waals surface area (Å²) >= 11 is 2.91. The monoisotopic (exact) mass is 274 g/mol. The molecule has 15 heavy (non-hydrogen) atoms. The van der Waals surface area contributed by atoms with Crippen LogP contribution in [-0.2, 0) is 4.79 Å². The molecule has 1 aliphatic rings. The van der Waals surface area contributed by atoms with Gasteiger partial charge in [-0.05, 0) is 28.1 Å². The second-order valence-electron chi connectivity index (χ2n) is 2.94. The van der Waals surface area contributed by atoms with Gasteiger partial charge in [-0.2, -0.15) is 0 Å². The van der Waals surface area contributed by atoms with E-state index < -0.39 is 11.6 Å². The number of amidine groups is 1. The van der Waals surface area contributed by atoms with Crippen molar-refractivity contribution in [1.29, 1.82) is 0 Å². The van der Waals surface area contributed by atoms with Crippen LogP contribution in [-0.4, -0.2) is 18.3 Å². The lowest BCUT2D eigenvalue weighted by atomic mass is 10.2. The number of aliphatic imine (C=N–C) groups is 1. The second-order valence-corrected chi connectivity index (χ2v) is 3.73. The lowest BCUT2D eigenvalue weighted by molar-refractivity contribution is -0.117. The van der Waals surface area contributed by atoms with Crippen molar-refractivity contribution in [3.8, 4) is 0 Å². The van der Waals surface area contributed by atoms with Gasteiger partial charge in [0.05, 0.1) is 4.47 Å². The highest BCUT2D eigenvalue weighted by Crippen LogP contribution is 2.23. The third kappa shape index (κ3) is 1.77. The topological polar surface area (TPSA) is 41.5 Å². The summed E-state index contributed by atoms with van der Waals surface area (Å²) < 4.78 is 25.9. The van der Waals surface area contributed by atoms with Crippen molar-refractivity contribution in [2.75, 3.05) is 6.54 Å². The van der Waals surface area contributed by atoms with Gasteiger partial charge in [-0.15, -0.1) is 0 Å². The van der Waals surface area contributed by atoms with Gasteiger partial charge in [0.25, 0.3) is 0 Å². The summed E-state index contributed by atoms with van der Waals surface area (Å²) in [5.74, 6) is -1.95. The van der Waals surface area contributed by atoms with Crippen molar-refractivity contribution < 1.29 is 13.6 Å². The summed E-state index contributed by atoms with van der Waals surface area (Å²) in [5, 5.41) is 2.45. The van der Waals surface area contributed by atoms with E-state index in [9.17, 15) is 13.6 Å². The van der Waals surface area contributed by atoms with E-state index in [2.05, 4.69) is 26.2 Å². The number of amides is 1. The summed E-state index contributed by atoms with van der Waals surface area (Å²) in [4.78, 5) is 14.7. The van der Waals surface area contributed by atoms with E-state index in [4.69, 9.17) is 0 Å². The zero-order chi connectivity index (χ0) is 11.0. The van der Waals surface area contributed by atoms with Crippen LogP contribution in [0.4, 0.5) is 8.78 Å². The molecule has 0 radical (unpaired) electrons. The first-order chi connectivity index (χ1) is 7.09. The Morgan fingerprint density at radius 3 is 2.73 bits per heavy atom. The third-order valence-electron chi connectivity index (χ3n) is 1.93. The Morgan fingerprint density at radius 1 is 1.40 bits per heavy atom. The van der Waals surface area contributed by atoms with Gasteiger partial charge in [0.1, 0.15) is 12.4 Å². The number of halogens is 3. The van der Waals surface area contributed by atoms with Crippen LogP contribution in [0.3, 0.4) is 0 Å². The van der Waals surface area contributed by atoms with Crippen LogP contribution in [0.25, 0.3) is 0 Å². The van der Waals surface area contributed by atoms with Crippen molar-refractivity contribution in [1.82, 2.24) is 5.32 Å². The Balaban J connectivity index is 2.46. The average molecular weight is 275 g/mol. The van der Waals surface area contributed by atoms with Crippen LogP contribution in [0.5, 0.6) is 0 Å². The predicted octanol–water partition coefficient (Wildman–Crippen LogP) is 1.60. The molecule has 0 saturated heterocycles. The number of carbonyl (C=O) groups excluding carboxylic acids is 1. The smallest absolute Gasteiger partial charge is 0.247 e. The first-order valence-corrected chi connectivity index (χ1v) is 4.87. The molecule has 78 valence electrons. The molecule has 0 spiro atoms. The highest BCUT2D eigenvalue weighted by Gasteiger charge is 2.20. The minimum atomic E-state index is -0.989. The Morgan fingerprint density at radius 2 is 2.13 bits per heavy atom. The van der Waals surface area contributed by atoms with Crippen LogP contribution >= 0.6 is 15.9 Å². The van der Waals surface area contributed by atoms with Crippen LogP contribution in [0.15, 0.2) is 21.6 Å². The van der Waals surface area contributed by atoms with Crippen LogP contribution in [0, 0.1) is 11.6 Å². The standard InChI is InChI=1S/C9H5BrF2N2O/c10-7-4(1-2-5(11)8(7)12)9-13-3-6(15)14-9/h1-2H,3H2,(H,13,14,15). The van der Waals surface area contributed by atoms with Gasteiger partial charge < -0.3 is 5.32 Å². The fraction of sp³-hybridized carbons (Fsp3) is 0.111. The maximum Gasteiger partial charge on any atom is 0.247 e. The van der Waals surface area contributed by atoms with E-state index in [1.165, 1.54) is 6.07 Å². The number of benzene rings is 1. The maximum absolute atomic E-state index is 13.2. The molecule has 0 aliphatic carbocycles. The molecule has 2 rings (SSSR count). The molecule has 1 amide bonds. The Kier molecular flexibility index (Phi) is 2.52. The molecule has 0 atom stereocenters. The van der Waals surface area contributed by atoms with Crippen LogP contribution in [0.1, 0.15) is 5.56 Å². The normalized spacial score (nSPS) is 15.1. The molecule has 6 heteroatoms. The van der Waals surface area contributed by atoms with Crippen molar-refractivity contribution in [2.24, 2.45) is 4.99 Å². The second kappa shape index (κ2) is 3.69. The lowest BCUT2D eigenvalue weighted by Gasteiger charge is -2.05.